The van der Waals surface area contributed by atoms with E-state index in [2.05, 4.69) is 20.3 Å². The van der Waals surface area contributed by atoms with E-state index in [0.717, 1.165) is 0 Å². The minimum Gasteiger partial charge on any atom is -0.347 e. The predicted molar refractivity (Wildman–Crippen MR) is 59.0 cm³/mol. The van der Waals surface area contributed by atoms with Crippen LogP contribution in [0.25, 0.3) is 0 Å². The molecule has 16 heavy (non-hydrogen) atoms. The van der Waals surface area contributed by atoms with E-state index in [9.17, 15) is 4.79 Å². The van der Waals surface area contributed by atoms with Crippen molar-refractivity contribution < 1.29 is 4.79 Å². The first-order valence-corrected chi connectivity index (χ1v) is 5.01. The second-order valence-corrected chi connectivity index (χ2v) is 3.48. The quantitative estimate of drug-likeness (QED) is 0.791. The lowest BCUT2D eigenvalue weighted by atomic mass is 10.3. The fourth-order valence-corrected chi connectivity index (χ4v) is 1.28. The van der Waals surface area contributed by atoms with Crippen LogP contribution >= 0.6 is 11.6 Å². The van der Waals surface area contributed by atoms with Crippen molar-refractivity contribution in [2.75, 3.05) is 0 Å². The Labute approximate surface area is 96.9 Å². The largest absolute Gasteiger partial charge is 0.347 e. The number of rotatable bonds is 3. The molecule has 5 nitrogen and oxygen atoms in total. The summed E-state index contributed by atoms with van der Waals surface area (Å²) in [5.74, 6) is 0.496. The minimum absolute atomic E-state index is 0.208. The Balaban J connectivity index is 1.95. The van der Waals surface area contributed by atoms with Crippen LogP contribution in [0.1, 0.15) is 16.2 Å². The van der Waals surface area contributed by atoms with Gasteiger partial charge in [0.1, 0.15) is 11.0 Å². The molecule has 0 aromatic carbocycles. The first-order valence-electron chi connectivity index (χ1n) is 4.64. The number of hydrogen-bond donors (Lipinski definition) is 2. The molecule has 0 unspecified atom stereocenters. The maximum Gasteiger partial charge on any atom is 0.253 e. The molecule has 1 amide bonds. The van der Waals surface area contributed by atoms with Gasteiger partial charge in [0.05, 0.1) is 12.1 Å². The van der Waals surface area contributed by atoms with E-state index in [1.54, 1.807) is 24.5 Å². The van der Waals surface area contributed by atoms with Gasteiger partial charge < -0.3 is 10.3 Å². The number of pyridine rings is 1. The number of amides is 1. The molecule has 0 saturated heterocycles. The predicted octanol–water partition coefficient (Wildman–Crippen LogP) is 1.39. The van der Waals surface area contributed by atoms with Crippen molar-refractivity contribution in [3.63, 3.8) is 0 Å². The van der Waals surface area contributed by atoms with Gasteiger partial charge >= 0.3 is 0 Å². The van der Waals surface area contributed by atoms with Crippen molar-refractivity contribution >= 4 is 17.5 Å². The van der Waals surface area contributed by atoms with Crippen LogP contribution in [-0.2, 0) is 6.54 Å². The molecule has 2 N–H and O–H groups in total. The first-order chi connectivity index (χ1) is 7.75. The number of carbonyl (C=O) groups excluding carboxylic acids is 1. The maximum absolute atomic E-state index is 11.6. The standard InChI is InChI=1S/C10H9ClN4O/c11-8-2-1-7(5-14-8)10(16)15-6-9-12-3-4-13-9/h1-5H,6H2,(H,12,13)(H,15,16). The van der Waals surface area contributed by atoms with Gasteiger partial charge in [-0.3, -0.25) is 4.79 Å². The van der Waals surface area contributed by atoms with Crippen molar-refractivity contribution in [3.05, 3.63) is 47.3 Å². The number of halogens is 1. The average molecular weight is 237 g/mol. The fraction of sp³-hybridized carbons (Fsp3) is 0.100. The zero-order valence-electron chi connectivity index (χ0n) is 8.27. The van der Waals surface area contributed by atoms with Gasteiger partial charge in [-0.15, -0.1) is 0 Å². The smallest absolute Gasteiger partial charge is 0.253 e. The molecule has 2 aromatic rings. The molecule has 2 heterocycles. The maximum atomic E-state index is 11.6. The molecule has 0 aliphatic carbocycles. The zero-order valence-corrected chi connectivity index (χ0v) is 9.03. The van der Waals surface area contributed by atoms with E-state index in [1.807, 2.05) is 0 Å². The van der Waals surface area contributed by atoms with E-state index in [1.165, 1.54) is 6.20 Å². The van der Waals surface area contributed by atoms with Crippen molar-refractivity contribution in [3.8, 4) is 0 Å². The third kappa shape index (κ3) is 2.58. The Morgan fingerprint density at radius 3 is 2.94 bits per heavy atom. The number of nitrogens with one attached hydrogen (secondary N) is 2. The molecule has 0 fully saturated rings. The number of hydrogen-bond acceptors (Lipinski definition) is 3. The number of imidazole rings is 1. The molecular formula is C10H9ClN4O. The molecule has 6 heteroatoms. The third-order valence-electron chi connectivity index (χ3n) is 1.96. The molecule has 0 saturated carbocycles. The van der Waals surface area contributed by atoms with E-state index in [0.29, 0.717) is 23.1 Å². The van der Waals surface area contributed by atoms with Gasteiger partial charge in [0.15, 0.2) is 0 Å². The highest BCUT2D eigenvalue weighted by molar-refractivity contribution is 6.29. The van der Waals surface area contributed by atoms with Crippen LogP contribution in [0.2, 0.25) is 5.15 Å². The molecule has 0 radical (unpaired) electrons. The Bertz CT molecular complexity index is 466. The monoisotopic (exact) mass is 236 g/mol. The topological polar surface area (TPSA) is 70.7 Å². The highest BCUT2D eigenvalue weighted by atomic mass is 35.5. The lowest BCUT2D eigenvalue weighted by Crippen LogP contribution is -2.23. The number of carbonyl (C=O) groups is 1. The SMILES string of the molecule is O=C(NCc1ncc[nH]1)c1ccc(Cl)nc1. The summed E-state index contributed by atoms with van der Waals surface area (Å²) in [5, 5.41) is 3.07. The van der Waals surface area contributed by atoms with Gasteiger partial charge in [0.2, 0.25) is 0 Å². The van der Waals surface area contributed by atoms with Gasteiger partial charge in [0, 0.05) is 18.6 Å². The number of aromatic nitrogens is 3. The molecule has 2 rings (SSSR count). The van der Waals surface area contributed by atoms with Gasteiger partial charge in [-0.2, -0.15) is 0 Å². The Morgan fingerprint density at radius 1 is 1.44 bits per heavy atom. The molecule has 0 atom stereocenters. The molecule has 82 valence electrons. The molecule has 0 aliphatic heterocycles. The highest BCUT2D eigenvalue weighted by Gasteiger charge is 2.05. The normalized spacial score (nSPS) is 10.1. The number of nitrogens with zero attached hydrogens (tertiary/aromatic N) is 2. The summed E-state index contributed by atoms with van der Waals surface area (Å²) in [5.41, 5.74) is 0.468. The Hall–Kier alpha value is -1.88. The van der Waals surface area contributed by atoms with Crippen molar-refractivity contribution in [1.82, 2.24) is 20.3 Å². The minimum atomic E-state index is -0.208. The van der Waals surface area contributed by atoms with Gasteiger partial charge in [0.25, 0.3) is 5.91 Å². The second-order valence-electron chi connectivity index (χ2n) is 3.09. The van der Waals surface area contributed by atoms with Gasteiger partial charge in [-0.25, -0.2) is 9.97 Å². The summed E-state index contributed by atoms with van der Waals surface area (Å²) in [6.07, 6.45) is 4.76. The summed E-state index contributed by atoms with van der Waals surface area (Å²) in [6.45, 7) is 0.356. The molecule has 0 spiro atoms. The van der Waals surface area contributed by atoms with E-state index in [-0.39, 0.29) is 5.91 Å². The number of aromatic amines is 1. The lowest BCUT2D eigenvalue weighted by molar-refractivity contribution is 0.0949. The summed E-state index contributed by atoms with van der Waals surface area (Å²) >= 11 is 5.62. The van der Waals surface area contributed by atoms with E-state index in [4.69, 9.17) is 11.6 Å². The first kappa shape index (κ1) is 10.6. The van der Waals surface area contributed by atoms with Crippen molar-refractivity contribution in [1.29, 1.82) is 0 Å². The van der Waals surface area contributed by atoms with Crippen LogP contribution < -0.4 is 5.32 Å². The van der Waals surface area contributed by atoms with Crippen LogP contribution in [0.15, 0.2) is 30.7 Å². The molecular weight excluding hydrogens is 228 g/mol. The second kappa shape index (κ2) is 4.76. The Kier molecular flexibility index (Phi) is 3.16. The fourth-order valence-electron chi connectivity index (χ4n) is 1.17. The third-order valence-corrected chi connectivity index (χ3v) is 2.18. The van der Waals surface area contributed by atoms with Crippen molar-refractivity contribution in [2.24, 2.45) is 0 Å². The highest BCUT2D eigenvalue weighted by Crippen LogP contribution is 2.05. The van der Waals surface area contributed by atoms with Crippen LogP contribution in [-0.4, -0.2) is 20.9 Å². The summed E-state index contributed by atoms with van der Waals surface area (Å²) in [4.78, 5) is 22.3. The average Bonchev–Trinajstić information content (AvgIpc) is 2.80. The van der Waals surface area contributed by atoms with Crippen LogP contribution in [0, 0.1) is 0 Å². The van der Waals surface area contributed by atoms with Crippen LogP contribution in [0.5, 0.6) is 0 Å². The molecule has 2 aromatic heterocycles. The van der Waals surface area contributed by atoms with Crippen LogP contribution in [0.3, 0.4) is 0 Å². The van der Waals surface area contributed by atoms with Crippen molar-refractivity contribution in [2.45, 2.75) is 6.54 Å². The van der Waals surface area contributed by atoms with Gasteiger partial charge in [-0.05, 0) is 12.1 Å². The van der Waals surface area contributed by atoms with E-state index < -0.39 is 0 Å². The van der Waals surface area contributed by atoms with Crippen LogP contribution in [0.4, 0.5) is 0 Å². The number of H-pyrrole nitrogens is 1. The van der Waals surface area contributed by atoms with Gasteiger partial charge in [-0.1, -0.05) is 11.6 Å². The lowest BCUT2D eigenvalue weighted by Gasteiger charge is -2.02. The Morgan fingerprint density at radius 2 is 2.31 bits per heavy atom. The molecule has 0 aliphatic rings. The zero-order chi connectivity index (χ0) is 11.4. The summed E-state index contributed by atoms with van der Waals surface area (Å²) in [7, 11) is 0. The molecule has 0 bridgehead atoms. The summed E-state index contributed by atoms with van der Waals surface area (Å²) < 4.78 is 0. The summed E-state index contributed by atoms with van der Waals surface area (Å²) in [6, 6.07) is 3.19. The van der Waals surface area contributed by atoms with E-state index >= 15 is 0 Å².